The fraction of sp³-hybridized carbons (Fsp3) is 0. The van der Waals surface area contributed by atoms with Crippen molar-refractivity contribution in [2.75, 3.05) is 0 Å². The van der Waals surface area contributed by atoms with Gasteiger partial charge in [0.15, 0.2) is 0 Å². The molecule has 11 heavy (non-hydrogen) atoms. The first-order chi connectivity index (χ1) is 3.39. The first kappa shape index (κ1) is 22.5. The molecule has 1 radical (unpaired) electrons. The van der Waals surface area contributed by atoms with E-state index < -0.39 is 0 Å². The van der Waals surface area contributed by atoms with Gasteiger partial charge in [-0.2, -0.15) is 0 Å². The number of hydrogen-bond acceptors (Lipinski definition) is 2. The molecule has 0 atom stereocenters. The van der Waals surface area contributed by atoms with E-state index in [0.29, 0.717) is 0 Å². The first-order valence-corrected chi connectivity index (χ1v) is 1.98. The third-order valence-corrected chi connectivity index (χ3v) is 0.646. The number of rotatable bonds is 0. The largest absolute Gasteiger partial charge is 3.00 e. The standard InChI is InChI=1S/C5H5NO.3ClH.Ti/c7-5-2-1-3-6-4-5;;;;/h1-4,7H;3*1H;/q;;;;+3/p-3. The van der Waals surface area contributed by atoms with Crippen LogP contribution in [0.1, 0.15) is 0 Å². The number of nitrogens with zero attached hydrogens (tertiary/aromatic N) is 1. The number of hydrogen-bond donors (Lipinski definition) is 1. The van der Waals surface area contributed by atoms with Crippen LogP contribution in [0.4, 0.5) is 0 Å². The first-order valence-electron chi connectivity index (χ1n) is 1.98. The second kappa shape index (κ2) is 13.1. The maximum atomic E-state index is 8.57. The summed E-state index contributed by atoms with van der Waals surface area (Å²) in [6.07, 6.45) is 3.00. The molecule has 1 rings (SSSR count). The van der Waals surface area contributed by atoms with Gasteiger partial charge in [0, 0.05) is 6.20 Å². The van der Waals surface area contributed by atoms with Gasteiger partial charge in [-0.1, -0.05) is 0 Å². The third-order valence-electron chi connectivity index (χ3n) is 0.646. The van der Waals surface area contributed by atoms with E-state index in [0.717, 1.165) is 0 Å². The van der Waals surface area contributed by atoms with Gasteiger partial charge in [0.2, 0.25) is 0 Å². The molecule has 0 spiro atoms. The van der Waals surface area contributed by atoms with Crippen LogP contribution >= 0.6 is 0 Å². The average Bonchev–Trinajstić information content (AvgIpc) is 1.69. The Balaban J connectivity index is -0.0000000612. The van der Waals surface area contributed by atoms with E-state index in [2.05, 4.69) is 4.98 Å². The molecule has 0 unspecified atom stereocenters. The zero-order valence-corrected chi connectivity index (χ0v) is 9.17. The Morgan fingerprint density at radius 3 is 1.91 bits per heavy atom. The average molecular weight is 249 g/mol. The summed E-state index contributed by atoms with van der Waals surface area (Å²) in [5.41, 5.74) is 0. The van der Waals surface area contributed by atoms with Crippen LogP contribution in [0.2, 0.25) is 0 Å². The molecule has 0 saturated heterocycles. The molecule has 61 valence electrons. The molecule has 0 aromatic carbocycles. The Morgan fingerprint density at radius 1 is 1.18 bits per heavy atom. The maximum Gasteiger partial charge on any atom is 3.00 e. The molecule has 0 saturated carbocycles. The van der Waals surface area contributed by atoms with Crippen LogP contribution in [0.25, 0.3) is 0 Å². The quantitative estimate of drug-likeness (QED) is 0.463. The van der Waals surface area contributed by atoms with E-state index in [1.807, 2.05) is 0 Å². The second-order valence-electron chi connectivity index (χ2n) is 1.21. The van der Waals surface area contributed by atoms with Gasteiger partial charge in [0.05, 0.1) is 6.20 Å². The molecule has 1 aromatic heterocycles. The van der Waals surface area contributed by atoms with E-state index in [1.54, 1.807) is 18.3 Å². The van der Waals surface area contributed by atoms with Gasteiger partial charge in [0.25, 0.3) is 0 Å². The van der Waals surface area contributed by atoms with Gasteiger partial charge in [-0.3, -0.25) is 4.98 Å². The van der Waals surface area contributed by atoms with Gasteiger partial charge in [-0.25, -0.2) is 0 Å². The molecule has 1 heterocycles. The van der Waals surface area contributed by atoms with Crippen molar-refractivity contribution in [1.82, 2.24) is 4.98 Å². The van der Waals surface area contributed by atoms with Crippen molar-refractivity contribution < 1.29 is 64.0 Å². The molecule has 0 bridgehead atoms. The molecular weight excluding hydrogens is 244 g/mol. The van der Waals surface area contributed by atoms with Crippen molar-refractivity contribution in [3.05, 3.63) is 24.5 Å². The van der Waals surface area contributed by atoms with Crippen LogP contribution < -0.4 is 37.2 Å². The minimum absolute atomic E-state index is 0. The number of pyridine rings is 1. The Labute approximate surface area is 98.9 Å². The SMILES string of the molecule is Oc1cccnc1.[Cl-].[Cl-].[Cl-].[Ti+3]. The van der Waals surface area contributed by atoms with Crippen molar-refractivity contribution in [2.45, 2.75) is 0 Å². The fourth-order valence-corrected chi connectivity index (χ4v) is 0.354. The van der Waals surface area contributed by atoms with Crippen molar-refractivity contribution in [1.29, 1.82) is 0 Å². The minimum Gasteiger partial charge on any atom is -1.00 e. The summed E-state index contributed by atoms with van der Waals surface area (Å²) in [5.74, 6) is 0.211. The molecular formula is C5H5Cl3NOTi. The van der Waals surface area contributed by atoms with E-state index in [9.17, 15) is 0 Å². The number of halogens is 3. The van der Waals surface area contributed by atoms with Gasteiger partial charge in [0.1, 0.15) is 5.75 Å². The topological polar surface area (TPSA) is 33.1 Å². The van der Waals surface area contributed by atoms with Crippen molar-refractivity contribution >= 4 is 0 Å². The van der Waals surface area contributed by atoms with Crippen molar-refractivity contribution in [3.63, 3.8) is 0 Å². The summed E-state index contributed by atoms with van der Waals surface area (Å²) in [5, 5.41) is 8.57. The molecule has 0 aliphatic carbocycles. The monoisotopic (exact) mass is 248 g/mol. The number of aromatic nitrogens is 1. The zero-order valence-electron chi connectivity index (χ0n) is 5.34. The summed E-state index contributed by atoms with van der Waals surface area (Å²) >= 11 is 0. The van der Waals surface area contributed by atoms with E-state index in [-0.39, 0.29) is 64.7 Å². The molecule has 1 aromatic rings. The van der Waals surface area contributed by atoms with Crippen LogP contribution in [0.3, 0.4) is 0 Å². The van der Waals surface area contributed by atoms with Crippen LogP contribution in [0.15, 0.2) is 24.5 Å². The van der Waals surface area contributed by atoms with Gasteiger partial charge in [-0.05, 0) is 12.1 Å². The smallest absolute Gasteiger partial charge is 1.00 e. The second-order valence-corrected chi connectivity index (χ2v) is 1.21. The van der Waals surface area contributed by atoms with Crippen molar-refractivity contribution in [3.8, 4) is 5.75 Å². The number of aromatic hydroxyl groups is 1. The fourth-order valence-electron chi connectivity index (χ4n) is 0.354. The van der Waals surface area contributed by atoms with E-state index >= 15 is 0 Å². The van der Waals surface area contributed by atoms with Crippen LogP contribution in [-0.2, 0) is 21.7 Å². The van der Waals surface area contributed by atoms with Crippen molar-refractivity contribution in [2.24, 2.45) is 0 Å². The van der Waals surface area contributed by atoms with Gasteiger partial charge in [-0.15, -0.1) is 0 Å². The summed E-state index contributed by atoms with van der Waals surface area (Å²) in [6.45, 7) is 0. The molecule has 6 heteroatoms. The summed E-state index contributed by atoms with van der Waals surface area (Å²) < 4.78 is 0. The maximum absolute atomic E-state index is 8.57. The van der Waals surface area contributed by atoms with E-state index in [4.69, 9.17) is 5.11 Å². The molecule has 0 aliphatic heterocycles. The van der Waals surface area contributed by atoms with Gasteiger partial charge < -0.3 is 42.3 Å². The Morgan fingerprint density at radius 2 is 1.73 bits per heavy atom. The van der Waals surface area contributed by atoms with E-state index in [1.165, 1.54) is 6.20 Å². The summed E-state index contributed by atoms with van der Waals surface area (Å²) in [6, 6.07) is 3.25. The predicted octanol–water partition coefficient (Wildman–Crippen LogP) is -8.20. The summed E-state index contributed by atoms with van der Waals surface area (Å²) in [4.78, 5) is 3.63. The normalized spacial score (nSPS) is 5.45. The van der Waals surface area contributed by atoms with Gasteiger partial charge >= 0.3 is 21.7 Å². The zero-order chi connectivity index (χ0) is 5.11. The Kier molecular flexibility index (Phi) is 27.0. The summed E-state index contributed by atoms with van der Waals surface area (Å²) in [7, 11) is 0. The minimum atomic E-state index is 0. The molecule has 2 nitrogen and oxygen atoms in total. The molecule has 0 fully saturated rings. The molecule has 1 N–H and O–H groups in total. The third kappa shape index (κ3) is 10.5. The Hall–Kier alpha value is 0.534. The van der Waals surface area contributed by atoms with Crippen LogP contribution in [-0.4, -0.2) is 10.1 Å². The van der Waals surface area contributed by atoms with Crippen LogP contribution in [0, 0.1) is 0 Å². The predicted molar refractivity (Wildman–Crippen MR) is 25.9 cm³/mol. The molecule has 0 amide bonds. The Bertz CT molecular complexity index is 152. The van der Waals surface area contributed by atoms with Crippen LogP contribution in [0.5, 0.6) is 5.75 Å². The molecule has 0 aliphatic rings.